The zero-order valence-electron chi connectivity index (χ0n) is 20.9. The molecule has 1 atom stereocenters. The van der Waals surface area contributed by atoms with Crippen LogP contribution >= 0.6 is 22.9 Å². The molecule has 0 saturated carbocycles. The van der Waals surface area contributed by atoms with Crippen LogP contribution in [0.25, 0.3) is 0 Å². The standard InChI is InChI=1S/C25H28ClN3O5S2/c1-8-18(28-25-20(26)16(7)29-34-25)36(32,33)23-15(6)11-35-22(23)24(31)27-17-10-13(4)9-14(5)19(17)21(30)12(2)3/h8-12,18,28H,1H2,2-7H3,(H,27,31). The molecule has 1 aromatic carbocycles. The zero-order valence-corrected chi connectivity index (χ0v) is 23.2. The van der Waals surface area contributed by atoms with E-state index in [1.165, 1.54) is 6.08 Å². The number of nitrogens with one attached hydrogen (secondary N) is 2. The van der Waals surface area contributed by atoms with Gasteiger partial charge in [-0.3, -0.25) is 9.59 Å². The van der Waals surface area contributed by atoms with Crippen LogP contribution in [0.15, 0.2) is 39.6 Å². The van der Waals surface area contributed by atoms with Crippen molar-refractivity contribution in [2.45, 2.75) is 51.8 Å². The highest BCUT2D eigenvalue weighted by atomic mass is 35.5. The number of Topliss-reactive ketones (excluding diaryl/α,β-unsaturated/α-hetero) is 1. The Morgan fingerprint density at radius 1 is 1.17 bits per heavy atom. The molecule has 1 amide bonds. The van der Waals surface area contributed by atoms with Gasteiger partial charge in [0.15, 0.2) is 11.2 Å². The van der Waals surface area contributed by atoms with Gasteiger partial charge < -0.3 is 15.2 Å². The third-order valence-electron chi connectivity index (χ3n) is 5.52. The first kappa shape index (κ1) is 27.6. The molecule has 0 aliphatic carbocycles. The van der Waals surface area contributed by atoms with Crippen molar-refractivity contribution in [2.75, 3.05) is 10.6 Å². The number of hydrogen-bond donors (Lipinski definition) is 2. The Morgan fingerprint density at radius 3 is 2.39 bits per heavy atom. The van der Waals surface area contributed by atoms with Gasteiger partial charge in [0.1, 0.15) is 15.6 Å². The van der Waals surface area contributed by atoms with E-state index in [0.717, 1.165) is 22.5 Å². The summed E-state index contributed by atoms with van der Waals surface area (Å²) in [6.45, 7) is 14.1. The molecule has 0 radical (unpaired) electrons. The minimum Gasteiger partial charge on any atom is -0.337 e. The van der Waals surface area contributed by atoms with Gasteiger partial charge >= 0.3 is 0 Å². The topological polar surface area (TPSA) is 118 Å². The van der Waals surface area contributed by atoms with Crippen molar-refractivity contribution >= 4 is 56.0 Å². The molecule has 192 valence electrons. The van der Waals surface area contributed by atoms with Gasteiger partial charge in [-0.15, -0.1) is 11.3 Å². The van der Waals surface area contributed by atoms with Crippen LogP contribution in [0.2, 0.25) is 5.02 Å². The number of carbonyl (C=O) groups is 2. The summed E-state index contributed by atoms with van der Waals surface area (Å²) in [7, 11) is -4.16. The number of benzene rings is 1. The van der Waals surface area contributed by atoms with Crippen LogP contribution in [0.4, 0.5) is 11.6 Å². The molecule has 3 rings (SSSR count). The van der Waals surface area contributed by atoms with E-state index in [2.05, 4.69) is 22.4 Å². The van der Waals surface area contributed by atoms with Gasteiger partial charge in [-0.1, -0.05) is 49.3 Å². The Morgan fingerprint density at radius 2 is 1.83 bits per heavy atom. The first-order chi connectivity index (χ1) is 16.8. The number of amides is 1. The summed E-state index contributed by atoms with van der Waals surface area (Å²) in [4.78, 5) is 26.2. The first-order valence-electron chi connectivity index (χ1n) is 11.1. The number of anilines is 2. The highest BCUT2D eigenvalue weighted by Crippen LogP contribution is 2.34. The molecular formula is C25H28ClN3O5S2. The van der Waals surface area contributed by atoms with Crippen molar-refractivity contribution in [1.82, 2.24) is 5.16 Å². The molecule has 11 heteroatoms. The van der Waals surface area contributed by atoms with Crippen LogP contribution in [-0.4, -0.2) is 30.6 Å². The summed E-state index contributed by atoms with van der Waals surface area (Å²) in [5.41, 5.74) is 3.13. The number of nitrogens with zero attached hydrogens (tertiary/aromatic N) is 1. The van der Waals surface area contributed by atoms with Gasteiger partial charge in [-0.05, 0) is 55.8 Å². The lowest BCUT2D eigenvalue weighted by Gasteiger charge is -2.18. The van der Waals surface area contributed by atoms with Crippen molar-refractivity contribution in [3.63, 3.8) is 0 Å². The number of halogens is 1. The van der Waals surface area contributed by atoms with Crippen LogP contribution < -0.4 is 10.6 Å². The largest absolute Gasteiger partial charge is 0.337 e. The number of sulfone groups is 1. The number of ketones is 1. The quantitative estimate of drug-likeness (QED) is 0.244. The molecule has 0 spiro atoms. The minimum atomic E-state index is -4.16. The Kier molecular flexibility index (Phi) is 8.12. The predicted octanol–water partition coefficient (Wildman–Crippen LogP) is 6.11. The third-order valence-corrected chi connectivity index (χ3v) is 9.27. The lowest BCUT2D eigenvalue weighted by molar-refractivity contribution is 0.0939. The van der Waals surface area contributed by atoms with Crippen molar-refractivity contribution in [2.24, 2.45) is 5.92 Å². The molecule has 0 bridgehead atoms. The molecule has 0 aliphatic rings. The molecule has 2 heterocycles. The Labute approximate surface area is 219 Å². The van der Waals surface area contributed by atoms with Crippen LogP contribution in [0.5, 0.6) is 0 Å². The first-order valence-corrected chi connectivity index (χ1v) is 13.9. The summed E-state index contributed by atoms with van der Waals surface area (Å²) < 4.78 is 32.4. The summed E-state index contributed by atoms with van der Waals surface area (Å²) in [6.07, 6.45) is 1.19. The molecule has 36 heavy (non-hydrogen) atoms. The van der Waals surface area contributed by atoms with Gasteiger partial charge in [-0.2, -0.15) is 0 Å². The van der Waals surface area contributed by atoms with Crippen LogP contribution in [0, 0.1) is 33.6 Å². The van der Waals surface area contributed by atoms with Gasteiger partial charge in [-0.25, -0.2) is 8.42 Å². The number of aryl methyl sites for hydroxylation is 4. The second-order valence-corrected chi connectivity index (χ2v) is 12.1. The summed E-state index contributed by atoms with van der Waals surface area (Å²) in [5, 5.41) is 9.59. The highest BCUT2D eigenvalue weighted by molar-refractivity contribution is 7.92. The second-order valence-electron chi connectivity index (χ2n) is 8.81. The lowest BCUT2D eigenvalue weighted by Crippen LogP contribution is -2.29. The SMILES string of the molecule is C=CC(Nc1onc(C)c1Cl)S(=O)(=O)c1c(C)csc1C(=O)Nc1cc(C)cc(C)c1C(=O)C(C)C. The van der Waals surface area contributed by atoms with E-state index in [4.69, 9.17) is 16.1 Å². The normalized spacial score (nSPS) is 12.4. The number of carbonyl (C=O) groups excluding carboxylic acids is 2. The minimum absolute atomic E-state index is 0.0110. The van der Waals surface area contributed by atoms with Crippen molar-refractivity contribution < 1.29 is 22.5 Å². The number of thiophene rings is 1. The van der Waals surface area contributed by atoms with Gasteiger partial charge in [0, 0.05) is 11.5 Å². The number of hydrogen-bond acceptors (Lipinski definition) is 8. The fourth-order valence-corrected chi connectivity index (χ4v) is 6.93. The van der Waals surface area contributed by atoms with Crippen molar-refractivity contribution in [3.05, 3.63) is 68.0 Å². The molecule has 0 aliphatic heterocycles. The molecule has 0 fully saturated rings. The molecule has 3 aromatic rings. The van der Waals surface area contributed by atoms with Crippen LogP contribution in [0.3, 0.4) is 0 Å². The molecule has 2 N–H and O–H groups in total. The predicted molar refractivity (Wildman–Crippen MR) is 143 cm³/mol. The number of aromatic nitrogens is 1. The maximum Gasteiger partial charge on any atom is 0.267 e. The fraction of sp³-hybridized carbons (Fsp3) is 0.320. The average Bonchev–Trinajstić information content (AvgIpc) is 3.33. The fourth-order valence-electron chi connectivity index (χ4n) is 3.77. The average molecular weight is 550 g/mol. The van der Waals surface area contributed by atoms with E-state index in [1.54, 1.807) is 46.1 Å². The Hall–Kier alpha value is -2.95. The van der Waals surface area contributed by atoms with Gasteiger partial charge in [0.05, 0.1) is 10.6 Å². The van der Waals surface area contributed by atoms with Crippen LogP contribution in [-0.2, 0) is 9.84 Å². The zero-order chi connectivity index (χ0) is 26.9. The van der Waals surface area contributed by atoms with E-state index in [-0.39, 0.29) is 32.4 Å². The summed E-state index contributed by atoms with van der Waals surface area (Å²) in [6, 6.07) is 3.57. The van der Waals surface area contributed by atoms with Gasteiger partial charge in [0.25, 0.3) is 5.91 Å². The maximum absolute atomic E-state index is 13.7. The molecule has 2 aromatic heterocycles. The van der Waals surface area contributed by atoms with Crippen LogP contribution in [0.1, 0.15) is 56.3 Å². The van der Waals surface area contributed by atoms with Crippen molar-refractivity contribution in [1.29, 1.82) is 0 Å². The monoisotopic (exact) mass is 549 g/mol. The van der Waals surface area contributed by atoms with E-state index in [9.17, 15) is 18.0 Å². The molecular weight excluding hydrogens is 522 g/mol. The third kappa shape index (κ3) is 5.25. The van der Waals surface area contributed by atoms with Crippen molar-refractivity contribution in [3.8, 4) is 0 Å². The molecule has 1 unspecified atom stereocenters. The van der Waals surface area contributed by atoms with E-state index in [1.807, 2.05) is 13.0 Å². The number of rotatable bonds is 9. The molecule has 8 nitrogen and oxygen atoms in total. The van der Waals surface area contributed by atoms with E-state index in [0.29, 0.717) is 22.5 Å². The second kappa shape index (κ2) is 10.6. The summed E-state index contributed by atoms with van der Waals surface area (Å²) >= 11 is 7.14. The smallest absolute Gasteiger partial charge is 0.267 e. The maximum atomic E-state index is 13.7. The van der Waals surface area contributed by atoms with E-state index >= 15 is 0 Å². The van der Waals surface area contributed by atoms with Gasteiger partial charge in [0.2, 0.25) is 15.7 Å². The Balaban J connectivity index is 2.03. The molecule has 0 saturated heterocycles. The Bertz CT molecular complexity index is 1450. The lowest BCUT2D eigenvalue weighted by atomic mass is 9.94. The van der Waals surface area contributed by atoms with E-state index < -0.39 is 21.1 Å². The highest BCUT2D eigenvalue weighted by Gasteiger charge is 2.34. The summed E-state index contributed by atoms with van der Waals surface area (Å²) in [5.74, 6) is -1.06.